The van der Waals surface area contributed by atoms with Gasteiger partial charge in [-0.3, -0.25) is 19.1 Å². The maximum atomic E-state index is 5.67. The van der Waals surface area contributed by atoms with E-state index < -0.39 is 0 Å². The molecule has 0 aliphatic carbocycles. The normalized spacial score (nSPS) is 12.0. The summed E-state index contributed by atoms with van der Waals surface area (Å²) in [4.78, 5) is 21.1. The zero-order chi connectivity index (χ0) is 55.0. The van der Waals surface area contributed by atoms with Gasteiger partial charge in [-0.05, 0) is 131 Å². The van der Waals surface area contributed by atoms with Crippen LogP contribution in [-0.2, 0) is 0 Å². The van der Waals surface area contributed by atoms with Gasteiger partial charge in [0.05, 0.1) is 60.9 Å². The predicted molar refractivity (Wildman–Crippen MR) is 346 cm³/mol. The van der Waals surface area contributed by atoms with E-state index in [1.165, 1.54) is 43.6 Å². The maximum Gasteiger partial charge on any atom is 0.237 e. The molecule has 7 heterocycles. The van der Waals surface area contributed by atoms with Crippen LogP contribution < -0.4 is 0 Å². The van der Waals surface area contributed by atoms with Crippen molar-refractivity contribution in [2.75, 3.05) is 0 Å². The van der Waals surface area contributed by atoms with Crippen LogP contribution in [0.1, 0.15) is 0 Å². The molecule has 0 saturated heterocycles. The van der Waals surface area contributed by atoms with Gasteiger partial charge in [-0.25, -0.2) is 4.98 Å². The summed E-state index contributed by atoms with van der Waals surface area (Å²) in [6, 6.07) is 96.1. The van der Waals surface area contributed by atoms with Gasteiger partial charge >= 0.3 is 0 Å². The van der Waals surface area contributed by atoms with Crippen molar-refractivity contribution in [1.82, 2.24) is 38.2 Å². The van der Waals surface area contributed by atoms with Crippen LogP contribution in [0.15, 0.2) is 279 Å². The van der Waals surface area contributed by atoms with E-state index >= 15 is 0 Å². The number of aromatic nitrogens is 8. The standard InChI is InChI=1S/C76H46N8/c1-3-17-54(18-4-1)81-65-25-11-7-21-56(65)60-41-48(31-35-69(60)81)50-33-37-71-62(43-50)58-23-9-13-27-67(58)83(71)73-45-64(53-40-52-30-29-47-16-15-39-77-74(47)75(52)78-46-53)79-76(80-73)84-68-28-14-10-24-59(68)63-44-51(34-38-72(63)84)49-32-36-70-61(42-49)57-22-8-12-26-66(57)82(70)55-19-5-2-6-20-55/h1-46H. The lowest BCUT2D eigenvalue weighted by Gasteiger charge is -2.14. The number of rotatable bonds is 7. The first kappa shape index (κ1) is 46.3. The van der Waals surface area contributed by atoms with E-state index in [1.54, 1.807) is 0 Å². The molecule has 8 nitrogen and oxygen atoms in total. The van der Waals surface area contributed by atoms with Gasteiger partial charge in [0.15, 0.2) is 0 Å². The summed E-state index contributed by atoms with van der Waals surface area (Å²) in [7, 11) is 0. The minimum Gasteiger partial charge on any atom is -0.309 e. The summed E-state index contributed by atoms with van der Waals surface area (Å²) in [6.45, 7) is 0. The molecular weight excluding hydrogens is 1020 g/mol. The lowest BCUT2D eigenvalue weighted by molar-refractivity contribution is 0.952. The van der Waals surface area contributed by atoms with Crippen molar-refractivity contribution in [2.24, 2.45) is 0 Å². The van der Waals surface area contributed by atoms with Gasteiger partial charge in [-0.15, -0.1) is 0 Å². The first-order valence-corrected chi connectivity index (χ1v) is 28.4. The highest BCUT2D eigenvalue weighted by Gasteiger charge is 2.23. The lowest BCUT2D eigenvalue weighted by atomic mass is 10.0. The Hall–Kier alpha value is -11.5. The molecule has 0 atom stereocenters. The Labute approximate surface area is 480 Å². The third-order valence-corrected chi connectivity index (χ3v) is 17.2. The Morgan fingerprint density at radius 2 is 0.655 bits per heavy atom. The molecule has 0 amide bonds. The molecule has 8 heteroatoms. The highest BCUT2D eigenvalue weighted by Crippen LogP contribution is 2.42. The van der Waals surface area contributed by atoms with Gasteiger partial charge < -0.3 is 9.13 Å². The number of hydrogen-bond donors (Lipinski definition) is 0. The minimum atomic E-state index is 0.558. The van der Waals surface area contributed by atoms with E-state index in [0.29, 0.717) is 5.95 Å². The highest BCUT2D eigenvalue weighted by atomic mass is 15.2. The van der Waals surface area contributed by atoms with Gasteiger partial charge in [0.25, 0.3) is 0 Å². The Balaban J connectivity index is 0.826. The molecule has 0 fully saturated rings. The molecule has 7 aromatic heterocycles. The van der Waals surface area contributed by atoms with E-state index in [9.17, 15) is 0 Å². The zero-order valence-electron chi connectivity index (χ0n) is 45.1. The fraction of sp³-hybridized carbons (Fsp3) is 0. The van der Waals surface area contributed by atoms with E-state index in [0.717, 1.165) is 116 Å². The Morgan fingerprint density at radius 3 is 1.17 bits per heavy atom. The maximum absolute atomic E-state index is 5.67. The summed E-state index contributed by atoms with van der Waals surface area (Å²) >= 11 is 0. The number of nitrogens with zero attached hydrogens (tertiary/aromatic N) is 8. The first-order valence-electron chi connectivity index (χ1n) is 28.4. The van der Waals surface area contributed by atoms with Crippen LogP contribution in [-0.4, -0.2) is 38.2 Å². The molecule has 84 heavy (non-hydrogen) atoms. The summed E-state index contributed by atoms with van der Waals surface area (Å²) < 4.78 is 9.28. The van der Waals surface area contributed by atoms with E-state index in [1.807, 2.05) is 18.5 Å². The molecule has 0 saturated carbocycles. The van der Waals surface area contributed by atoms with Crippen LogP contribution in [0.5, 0.6) is 0 Å². The SMILES string of the molecule is c1ccc(-n2c3ccccc3c3cc(-c4ccc5c(c4)c4ccccc4n5-c4cc(-c5cnc6c(ccc7cccnc76)c5)nc(-n5c6ccccc6c6cc(-c7ccc8c(c7)c7ccccc7n8-c7ccccc7)ccc65)n4)ccc32)cc1. The van der Waals surface area contributed by atoms with Crippen LogP contribution >= 0.6 is 0 Å². The number of fused-ring (bicyclic) bond motifs is 15. The van der Waals surface area contributed by atoms with Crippen molar-refractivity contribution in [2.45, 2.75) is 0 Å². The largest absolute Gasteiger partial charge is 0.309 e. The van der Waals surface area contributed by atoms with Crippen molar-refractivity contribution in [3.05, 3.63) is 279 Å². The summed E-state index contributed by atoms with van der Waals surface area (Å²) in [5, 5.41) is 11.4. The molecule has 0 unspecified atom stereocenters. The number of hydrogen-bond acceptors (Lipinski definition) is 4. The zero-order valence-corrected chi connectivity index (χ0v) is 45.1. The molecule has 18 rings (SSSR count). The molecular formula is C76H46N8. The predicted octanol–water partition coefficient (Wildman–Crippen LogP) is 19.0. The van der Waals surface area contributed by atoms with Crippen LogP contribution in [0.2, 0.25) is 0 Å². The molecule has 0 bridgehead atoms. The quantitative estimate of drug-likeness (QED) is 0.149. The Morgan fingerprint density at radius 1 is 0.250 bits per heavy atom. The summed E-state index contributed by atoms with van der Waals surface area (Å²) in [5.41, 5.74) is 19.0. The number of benzene rings is 11. The highest BCUT2D eigenvalue weighted by molar-refractivity contribution is 6.15. The molecule has 0 spiro atoms. The number of pyridine rings is 2. The number of para-hydroxylation sites is 6. The Kier molecular flexibility index (Phi) is 9.93. The summed E-state index contributed by atoms with van der Waals surface area (Å²) in [6.07, 6.45) is 3.77. The van der Waals surface area contributed by atoms with Crippen LogP contribution in [0, 0.1) is 0 Å². The van der Waals surface area contributed by atoms with Gasteiger partial charge in [0, 0.05) is 89.3 Å². The van der Waals surface area contributed by atoms with Crippen molar-refractivity contribution in [1.29, 1.82) is 0 Å². The first-order chi connectivity index (χ1) is 41.6. The third kappa shape index (κ3) is 6.95. The van der Waals surface area contributed by atoms with Gasteiger partial charge in [-0.2, -0.15) is 4.98 Å². The van der Waals surface area contributed by atoms with Crippen LogP contribution in [0.25, 0.3) is 166 Å². The summed E-state index contributed by atoms with van der Waals surface area (Å²) in [5.74, 6) is 1.30. The van der Waals surface area contributed by atoms with Crippen LogP contribution in [0.3, 0.4) is 0 Å². The van der Waals surface area contributed by atoms with E-state index in [-0.39, 0.29) is 0 Å². The Bertz CT molecular complexity index is 5450. The van der Waals surface area contributed by atoms with Gasteiger partial charge in [-0.1, -0.05) is 152 Å². The fourth-order valence-corrected chi connectivity index (χ4v) is 13.4. The fourth-order valence-electron chi connectivity index (χ4n) is 13.4. The molecule has 0 aliphatic heterocycles. The molecule has 390 valence electrons. The topological polar surface area (TPSA) is 71.3 Å². The smallest absolute Gasteiger partial charge is 0.237 e. The average molecular weight is 1070 g/mol. The lowest BCUT2D eigenvalue weighted by Crippen LogP contribution is -2.07. The van der Waals surface area contributed by atoms with E-state index in [2.05, 4.69) is 279 Å². The van der Waals surface area contributed by atoms with Crippen LogP contribution in [0.4, 0.5) is 0 Å². The van der Waals surface area contributed by atoms with Gasteiger partial charge in [0.2, 0.25) is 5.95 Å². The van der Waals surface area contributed by atoms with Gasteiger partial charge in [0.1, 0.15) is 5.82 Å². The molecule has 0 N–H and O–H groups in total. The second-order valence-corrected chi connectivity index (χ2v) is 21.9. The third-order valence-electron chi connectivity index (χ3n) is 17.2. The molecule has 18 aromatic rings. The van der Waals surface area contributed by atoms with Crippen molar-refractivity contribution in [3.63, 3.8) is 0 Å². The second-order valence-electron chi connectivity index (χ2n) is 21.9. The average Bonchev–Trinajstić information content (AvgIpc) is 2.73. The van der Waals surface area contributed by atoms with Crippen molar-refractivity contribution in [3.8, 4) is 56.7 Å². The van der Waals surface area contributed by atoms with E-state index in [4.69, 9.17) is 19.9 Å². The monoisotopic (exact) mass is 1070 g/mol. The minimum absolute atomic E-state index is 0.558. The van der Waals surface area contributed by atoms with Crippen molar-refractivity contribution >= 4 is 109 Å². The molecule has 0 radical (unpaired) electrons. The van der Waals surface area contributed by atoms with Crippen molar-refractivity contribution < 1.29 is 0 Å². The molecule has 0 aliphatic rings. The molecule has 11 aromatic carbocycles. The second kappa shape index (κ2) is 18.0.